The Morgan fingerprint density at radius 3 is 2.60 bits per heavy atom. The molecule has 118 valence electrons. The van der Waals surface area contributed by atoms with E-state index in [-0.39, 0.29) is 6.04 Å². The molecule has 0 aromatic carbocycles. The minimum absolute atomic E-state index is 0.182. The number of likely N-dealkylation sites (N-methyl/N-ethyl adjacent to an activating group) is 1. The molecule has 0 spiro atoms. The van der Waals surface area contributed by atoms with E-state index in [1.54, 1.807) is 0 Å². The van der Waals surface area contributed by atoms with Gasteiger partial charge in [0.05, 0.1) is 11.5 Å². The molecule has 5 nitrogen and oxygen atoms in total. The summed E-state index contributed by atoms with van der Waals surface area (Å²) in [5.74, 6) is 0.688. The minimum Gasteiger partial charge on any atom is -0.312 e. The van der Waals surface area contributed by atoms with Crippen LogP contribution < -0.4 is 5.32 Å². The fourth-order valence-electron chi connectivity index (χ4n) is 3.44. The highest BCUT2D eigenvalue weighted by atomic mass is 32.2. The van der Waals surface area contributed by atoms with Gasteiger partial charge >= 0.3 is 0 Å². The van der Waals surface area contributed by atoms with Crippen LogP contribution in [0.1, 0.15) is 26.7 Å². The second-order valence-corrected chi connectivity index (χ2v) is 8.25. The third kappa shape index (κ3) is 4.41. The summed E-state index contributed by atoms with van der Waals surface area (Å²) in [6.07, 6.45) is 2.05. The standard InChI is InChI=1S/C14H29N3O2S/c1-3-17(4-2)14-5-8-16(11-14)9-7-15-13-6-10-20(18,19)12-13/h13-15H,3-12H2,1-2H3. The van der Waals surface area contributed by atoms with Gasteiger partial charge in [0.2, 0.25) is 0 Å². The van der Waals surface area contributed by atoms with Gasteiger partial charge in [-0.05, 0) is 32.5 Å². The molecule has 2 fully saturated rings. The molecular formula is C14H29N3O2S. The molecule has 0 aromatic rings. The van der Waals surface area contributed by atoms with Crippen molar-refractivity contribution >= 4 is 9.84 Å². The van der Waals surface area contributed by atoms with Crippen LogP contribution in [0.4, 0.5) is 0 Å². The van der Waals surface area contributed by atoms with E-state index in [1.165, 1.54) is 13.0 Å². The van der Waals surface area contributed by atoms with E-state index >= 15 is 0 Å². The fourth-order valence-corrected chi connectivity index (χ4v) is 5.14. The summed E-state index contributed by atoms with van der Waals surface area (Å²) < 4.78 is 22.8. The molecule has 2 unspecified atom stereocenters. The lowest BCUT2D eigenvalue weighted by Crippen LogP contribution is -2.40. The highest BCUT2D eigenvalue weighted by Gasteiger charge is 2.28. The van der Waals surface area contributed by atoms with Gasteiger partial charge in [0.1, 0.15) is 0 Å². The zero-order valence-electron chi connectivity index (χ0n) is 12.8. The summed E-state index contributed by atoms with van der Waals surface area (Å²) >= 11 is 0. The van der Waals surface area contributed by atoms with Crippen molar-refractivity contribution < 1.29 is 8.42 Å². The highest BCUT2D eigenvalue weighted by molar-refractivity contribution is 7.91. The fraction of sp³-hybridized carbons (Fsp3) is 1.00. The Balaban J connectivity index is 1.64. The number of hydrogen-bond acceptors (Lipinski definition) is 5. The molecule has 0 aliphatic carbocycles. The Labute approximate surface area is 123 Å². The zero-order valence-corrected chi connectivity index (χ0v) is 13.7. The summed E-state index contributed by atoms with van der Waals surface area (Å²) in [6.45, 7) is 11.0. The van der Waals surface area contributed by atoms with Crippen molar-refractivity contribution in [1.82, 2.24) is 15.1 Å². The maximum absolute atomic E-state index is 11.4. The molecule has 0 radical (unpaired) electrons. The number of sulfone groups is 1. The molecule has 0 amide bonds. The molecule has 2 rings (SSSR count). The molecule has 6 heteroatoms. The minimum atomic E-state index is -2.75. The Bertz CT molecular complexity index is 395. The zero-order chi connectivity index (χ0) is 14.6. The molecule has 0 bridgehead atoms. The van der Waals surface area contributed by atoms with E-state index in [4.69, 9.17) is 0 Å². The Kier molecular flexibility index (Phi) is 5.84. The summed E-state index contributed by atoms with van der Waals surface area (Å²) in [5, 5.41) is 3.40. The van der Waals surface area contributed by atoms with Crippen molar-refractivity contribution in [2.45, 2.75) is 38.8 Å². The lowest BCUT2D eigenvalue weighted by Gasteiger charge is -2.26. The SMILES string of the molecule is CCN(CC)C1CCN(CCNC2CCS(=O)(=O)C2)C1. The first-order valence-electron chi connectivity index (χ1n) is 7.94. The predicted octanol–water partition coefficient (Wildman–Crippen LogP) is 0.179. The number of likely N-dealkylation sites (tertiary alicyclic amines) is 1. The van der Waals surface area contributed by atoms with E-state index in [0.29, 0.717) is 17.5 Å². The number of nitrogens with one attached hydrogen (secondary N) is 1. The van der Waals surface area contributed by atoms with Gasteiger partial charge in [-0.2, -0.15) is 0 Å². The maximum Gasteiger partial charge on any atom is 0.151 e. The van der Waals surface area contributed by atoms with Crippen LogP contribution in [-0.2, 0) is 9.84 Å². The van der Waals surface area contributed by atoms with Crippen molar-refractivity contribution in [3.8, 4) is 0 Å². The van der Waals surface area contributed by atoms with Crippen LogP contribution in [0, 0.1) is 0 Å². The van der Waals surface area contributed by atoms with E-state index < -0.39 is 9.84 Å². The van der Waals surface area contributed by atoms with Gasteiger partial charge in [-0.1, -0.05) is 13.8 Å². The van der Waals surface area contributed by atoms with Crippen molar-refractivity contribution in [3.63, 3.8) is 0 Å². The molecule has 2 aliphatic rings. The third-order valence-electron chi connectivity index (χ3n) is 4.67. The number of rotatable bonds is 7. The van der Waals surface area contributed by atoms with Gasteiger partial charge in [0.15, 0.2) is 9.84 Å². The first kappa shape index (κ1) is 16.2. The Morgan fingerprint density at radius 2 is 2.00 bits per heavy atom. The number of hydrogen-bond donors (Lipinski definition) is 1. The average Bonchev–Trinajstić information content (AvgIpc) is 2.98. The second kappa shape index (κ2) is 7.20. The summed E-state index contributed by atoms with van der Waals surface area (Å²) in [5.41, 5.74) is 0. The molecule has 2 aliphatic heterocycles. The third-order valence-corrected chi connectivity index (χ3v) is 6.44. The molecule has 1 N–H and O–H groups in total. The summed E-state index contributed by atoms with van der Waals surface area (Å²) in [7, 11) is -2.75. The Morgan fingerprint density at radius 1 is 1.25 bits per heavy atom. The monoisotopic (exact) mass is 303 g/mol. The first-order chi connectivity index (χ1) is 9.54. The van der Waals surface area contributed by atoms with E-state index in [0.717, 1.165) is 39.1 Å². The van der Waals surface area contributed by atoms with Gasteiger partial charge < -0.3 is 10.2 Å². The van der Waals surface area contributed by atoms with Crippen LogP contribution >= 0.6 is 0 Å². The van der Waals surface area contributed by atoms with Gasteiger partial charge in [-0.15, -0.1) is 0 Å². The topological polar surface area (TPSA) is 52.6 Å². The van der Waals surface area contributed by atoms with Crippen LogP contribution in [0.5, 0.6) is 0 Å². The normalized spacial score (nSPS) is 30.4. The van der Waals surface area contributed by atoms with Crippen LogP contribution in [0.2, 0.25) is 0 Å². The average molecular weight is 303 g/mol. The van der Waals surface area contributed by atoms with Crippen molar-refractivity contribution in [1.29, 1.82) is 0 Å². The highest BCUT2D eigenvalue weighted by Crippen LogP contribution is 2.15. The quantitative estimate of drug-likeness (QED) is 0.727. The largest absolute Gasteiger partial charge is 0.312 e. The Hall–Kier alpha value is -0.170. The van der Waals surface area contributed by atoms with Gasteiger partial charge in [0.25, 0.3) is 0 Å². The van der Waals surface area contributed by atoms with Crippen LogP contribution in [0.3, 0.4) is 0 Å². The molecule has 2 atom stereocenters. The van der Waals surface area contributed by atoms with Crippen LogP contribution in [0.15, 0.2) is 0 Å². The van der Waals surface area contributed by atoms with E-state index in [1.807, 2.05) is 0 Å². The molecule has 0 saturated carbocycles. The molecular weight excluding hydrogens is 274 g/mol. The summed E-state index contributed by atoms with van der Waals surface area (Å²) in [6, 6.07) is 0.887. The first-order valence-corrected chi connectivity index (χ1v) is 9.76. The van der Waals surface area contributed by atoms with Crippen LogP contribution in [0.25, 0.3) is 0 Å². The maximum atomic E-state index is 11.4. The van der Waals surface area contributed by atoms with Crippen molar-refractivity contribution in [2.24, 2.45) is 0 Å². The molecule has 0 aromatic heterocycles. The van der Waals surface area contributed by atoms with Crippen molar-refractivity contribution in [3.05, 3.63) is 0 Å². The van der Waals surface area contributed by atoms with Gasteiger partial charge in [-0.3, -0.25) is 4.90 Å². The second-order valence-electron chi connectivity index (χ2n) is 6.02. The van der Waals surface area contributed by atoms with E-state index in [9.17, 15) is 8.42 Å². The summed E-state index contributed by atoms with van der Waals surface area (Å²) in [4.78, 5) is 5.04. The lowest BCUT2D eigenvalue weighted by molar-refractivity contribution is 0.210. The van der Waals surface area contributed by atoms with Crippen LogP contribution in [-0.4, -0.2) is 81.1 Å². The predicted molar refractivity (Wildman–Crippen MR) is 82.8 cm³/mol. The van der Waals surface area contributed by atoms with Gasteiger partial charge in [0, 0.05) is 31.7 Å². The molecule has 20 heavy (non-hydrogen) atoms. The van der Waals surface area contributed by atoms with E-state index in [2.05, 4.69) is 29.0 Å². The van der Waals surface area contributed by atoms with Gasteiger partial charge in [-0.25, -0.2) is 8.42 Å². The smallest absolute Gasteiger partial charge is 0.151 e. The van der Waals surface area contributed by atoms with Crippen molar-refractivity contribution in [2.75, 3.05) is 50.8 Å². The lowest BCUT2D eigenvalue weighted by atomic mass is 10.2. The number of nitrogens with zero attached hydrogens (tertiary/aromatic N) is 2. The molecule has 2 saturated heterocycles. The molecule has 2 heterocycles.